The molecular formula is C27H35N2S+. The molecule has 0 aliphatic heterocycles. The predicted octanol–water partition coefficient (Wildman–Crippen LogP) is 5.77. The minimum atomic E-state index is -0.0747. The average Bonchev–Trinajstić information content (AvgIpc) is 2.76. The Bertz CT molecular complexity index is 809. The molecule has 0 N–H and O–H groups in total. The third kappa shape index (κ3) is 6.46. The lowest BCUT2D eigenvalue weighted by Gasteiger charge is -2.22. The summed E-state index contributed by atoms with van der Waals surface area (Å²) in [6.07, 6.45) is 2.40. The van der Waals surface area contributed by atoms with Crippen LogP contribution >= 0.6 is 0 Å². The molecule has 3 aromatic rings. The smallest absolute Gasteiger partial charge is 0.166 e. The zero-order valence-electron chi connectivity index (χ0n) is 18.8. The zero-order chi connectivity index (χ0) is 21.3. The zero-order valence-corrected chi connectivity index (χ0v) is 19.6. The fourth-order valence-corrected chi connectivity index (χ4v) is 5.79. The lowest BCUT2D eigenvalue weighted by Crippen LogP contribution is -2.20. The number of rotatable bonds is 10. The molecule has 0 aliphatic carbocycles. The maximum atomic E-state index is 2.37. The summed E-state index contributed by atoms with van der Waals surface area (Å²) in [6, 6.07) is 31.2. The van der Waals surface area contributed by atoms with E-state index in [1.54, 1.807) is 0 Å². The van der Waals surface area contributed by atoms with Gasteiger partial charge < -0.3 is 9.80 Å². The average molecular weight is 420 g/mol. The van der Waals surface area contributed by atoms with Crippen LogP contribution < -0.4 is 0 Å². The highest BCUT2D eigenvalue weighted by Gasteiger charge is 2.28. The van der Waals surface area contributed by atoms with Gasteiger partial charge in [0.15, 0.2) is 14.7 Å². The van der Waals surface area contributed by atoms with Gasteiger partial charge in [0.25, 0.3) is 0 Å². The van der Waals surface area contributed by atoms with Crippen molar-refractivity contribution in [1.82, 2.24) is 9.80 Å². The molecule has 0 saturated carbocycles. The molecule has 3 heteroatoms. The fraction of sp³-hybridized carbons (Fsp3) is 0.333. The molecule has 0 spiro atoms. The Morgan fingerprint density at radius 2 is 0.967 bits per heavy atom. The Balaban J connectivity index is 1.88. The van der Waals surface area contributed by atoms with Gasteiger partial charge in [0.1, 0.15) is 0 Å². The largest absolute Gasteiger partial charge is 0.309 e. The van der Waals surface area contributed by atoms with Gasteiger partial charge in [0, 0.05) is 0 Å². The van der Waals surface area contributed by atoms with Crippen LogP contribution in [0.15, 0.2) is 99.6 Å². The van der Waals surface area contributed by atoms with Gasteiger partial charge in [0.2, 0.25) is 0 Å². The summed E-state index contributed by atoms with van der Waals surface area (Å²) in [5.74, 6) is 0.596. The minimum absolute atomic E-state index is 0.0747. The molecule has 2 nitrogen and oxygen atoms in total. The van der Waals surface area contributed by atoms with Gasteiger partial charge >= 0.3 is 0 Å². The van der Waals surface area contributed by atoms with Crippen molar-refractivity contribution in [2.75, 3.05) is 41.3 Å². The van der Waals surface area contributed by atoms with E-state index in [2.05, 4.69) is 123 Å². The van der Waals surface area contributed by atoms with E-state index >= 15 is 0 Å². The van der Waals surface area contributed by atoms with Crippen molar-refractivity contribution in [2.45, 2.75) is 33.4 Å². The quantitative estimate of drug-likeness (QED) is 0.385. The SMILES string of the molecule is CN(C)CCC(CCN(C)C)c1ccc([S+](c2ccccc2)c2ccccc2)cc1. The van der Waals surface area contributed by atoms with E-state index in [1.165, 1.54) is 33.1 Å². The van der Waals surface area contributed by atoms with E-state index in [4.69, 9.17) is 0 Å². The molecular weight excluding hydrogens is 384 g/mol. The minimum Gasteiger partial charge on any atom is -0.309 e. The van der Waals surface area contributed by atoms with Crippen LogP contribution in [0.2, 0.25) is 0 Å². The van der Waals surface area contributed by atoms with E-state index in [1.807, 2.05) is 0 Å². The normalized spacial score (nSPS) is 11.7. The lowest BCUT2D eigenvalue weighted by molar-refractivity contribution is 0.342. The van der Waals surface area contributed by atoms with Crippen molar-refractivity contribution in [3.8, 4) is 0 Å². The molecule has 0 amide bonds. The monoisotopic (exact) mass is 419 g/mol. The van der Waals surface area contributed by atoms with Gasteiger partial charge in [-0.15, -0.1) is 0 Å². The number of benzene rings is 3. The van der Waals surface area contributed by atoms with Crippen LogP contribution in [0.25, 0.3) is 0 Å². The molecule has 0 atom stereocenters. The summed E-state index contributed by atoms with van der Waals surface area (Å²) in [6.45, 7) is 2.25. The van der Waals surface area contributed by atoms with Crippen LogP contribution in [0.3, 0.4) is 0 Å². The molecule has 0 aliphatic rings. The highest BCUT2D eigenvalue weighted by Crippen LogP contribution is 2.32. The highest BCUT2D eigenvalue weighted by molar-refractivity contribution is 7.97. The highest BCUT2D eigenvalue weighted by atomic mass is 32.2. The van der Waals surface area contributed by atoms with E-state index in [0.29, 0.717) is 5.92 Å². The first kappa shape index (κ1) is 22.6. The summed E-state index contributed by atoms with van der Waals surface area (Å²) >= 11 is 0. The summed E-state index contributed by atoms with van der Waals surface area (Å²) < 4.78 is 0. The third-order valence-electron chi connectivity index (χ3n) is 5.39. The van der Waals surface area contributed by atoms with Gasteiger partial charge in [-0.05, 0) is 102 Å². The Labute approximate surface area is 185 Å². The van der Waals surface area contributed by atoms with E-state index in [9.17, 15) is 0 Å². The van der Waals surface area contributed by atoms with Crippen LogP contribution in [0, 0.1) is 0 Å². The topological polar surface area (TPSA) is 6.48 Å². The van der Waals surface area contributed by atoms with Crippen molar-refractivity contribution in [3.63, 3.8) is 0 Å². The van der Waals surface area contributed by atoms with E-state index in [-0.39, 0.29) is 10.9 Å². The Hall–Kier alpha value is -2.07. The summed E-state index contributed by atoms with van der Waals surface area (Å²) in [4.78, 5) is 8.70. The van der Waals surface area contributed by atoms with Crippen LogP contribution in [0.4, 0.5) is 0 Å². The van der Waals surface area contributed by atoms with Gasteiger partial charge in [-0.2, -0.15) is 0 Å². The molecule has 0 heterocycles. The van der Waals surface area contributed by atoms with E-state index < -0.39 is 0 Å². The van der Waals surface area contributed by atoms with Crippen molar-refractivity contribution in [2.24, 2.45) is 0 Å². The second-order valence-electron chi connectivity index (χ2n) is 8.38. The Morgan fingerprint density at radius 3 is 1.37 bits per heavy atom. The molecule has 0 radical (unpaired) electrons. The molecule has 0 saturated heterocycles. The molecule has 3 aromatic carbocycles. The first-order chi connectivity index (χ1) is 14.5. The standard InChI is InChI=1S/C27H35N2S/c1-28(2)21-19-24(20-22-29(3)4)23-15-17-27(18-16-23)30(25-11-7-5-8-12-25)26-13-9-6-10-14-26/h5-18,24H,19-22H2,1-4H3/q+1. The molecule has 0 bridgehead atoms. The molecule has 158 valence electrons. The van der Waals surface area contributed by atoms with Gasteiger partial charge in [-0.3, -0.25) is 0 Å². The van der Waals surface area contributed by atoms with Crippen LogP contribution in [0.1, 0.15) is 24.3 Å². The summed E-state index contributed by atoms with van der Waals surface area (Å²) in [5.41, 5.74) is 1.46. The van der Waals surface area contributed by atoms with Crippen LogP contribution in [-0.4, -0.2) is 51.1 Å². The maximum Gasteiger partial charge on any atom is 0.166 e. The fourth-order valence-electron chi connectivity index (χ4n) is 3.70. The Morgan fingerprint density at radius 1 is 0.567 bits per heavy atom. The van der Waals surface area contributed by atoms with Crippen molar-refractivity contribution in [3.05, 3.63) is 90.5 Å². The second kappa shape index (κ2) is 11.4. The third-order valence-corrected chi connectivity index (χ3v) is 7.63. The number of nitrogens with zero attached hydrogens (tertiary/aromatic N) is 2. The van der Waals surface area contributed by atoms with Gasteiger partial charge in [0.05, 0.1) is 10.9 Å². The predicted molar refractivity (Wildman–Crippen MR) is 131 cm³/mol. The summed E-state index contributed by atoms with van der Waals surface area (Å²) in [7, 11) is 8.58. The van der Waals surface area contributed by atoms with Crippen molar-refractivity contribution in [1.29, 1.82) is 0 Å². The van der Waals surface area contributed by atoms with E-state index in [0.717, 1.165) is 13.1 Å². The molecule has 30 heavy (non-hydrogen) atoms. The molecule has 0 unspecified atom stereocenters. The van der Waals surface area contributed by atoms with Gasteiger partial charge in [-0.25, -0.2) is 0 Å². The van der Waals surface area contributed by atoms with Gasteiger partial charge in [-0.1, -0.05) is 48.5 Å². The number of hydrogen-bond acceptors (Lipinski definition) is 2. The number of hydrogen-bond donors (Lipinski definition) is 0. The summed E-state index contributed by atoms with van der Waals surface area (Å²) in [5, 5.41) is 0. The molecule has 0 aromatic heterocycles. The first-order valence-electron chi connectivity index (χ1n) is 10.8. The maximum absolute atomic E-state index is 2.37. The Kier molecular flexibility index (Phi) is 8.56. The lowest BCUT2D eigenvalue weighted by atomic mass is 9.92. The first-order valence-corrected chi connectivity index (χ1v) is 12.0. The van der Waals surface area contributed by atoms with Crippen molar-refractivity contribution >= 4 is 10.9 Å². The van der Waals surface area contributed by atoms with Crippen LogP contribution in [-0.2, 0) is 10.9 Å². The van der Waals surface area contributed by atoms with Crippen LogP contribution in [0.5, 0.6) is 0 Å². The van der Waals surface area contributed by atoms with Crippen molar-refractivity contribution < 1.29 is 0 Å². The molecule has 3 rings (SSSR count). The second-order valence-corrected chi connectivity index (χ2v) is 10.4. The molecule has 0 fully saturated rings.